The molecule has 4 rings (SSSR count). The third-order valence-electron chi connectivity index (χ3n) is 7.57. The van der Waals surface area contributed by atoms with Crippen molar-refractivity contribution in [2.45, 2.75) is 71.7 Å². The zero-order valence-corrected chi connectivity index (χ0v) is 24.1. The van der Waals surface area contributed by atoms with E-state index in [1.165, 1.54) is 11.9 Å². The van der Waals surface area contributed by atoms with Gasteiger partial charge in [0.15, 0.2) is 6.10 Å². The summed E-state index contributed by atoms with van der Waals surface area (Å²) in [5.74, 6) is -2.47. The number of amides is 3. The summed E-state index contributed by atoms with van der Waals surface area (Å²) >= 11 is 0. The van der Waals surface area contributed by atoms with Crippen LogP contribution in [0.15, 0.2) is 36.4 Å². The molecule has 11 nitrogen and oxygen atoms in total. The van der Waals surface area contributed by atoms with Gasteiger partial charge in [-0.25, -0.2) is 5.43 Å². The molecule has 5 atom stereocenters. The minimum Gasteiger partial charge on any atom is -0.451 e. The molecular weight excluding hydrogens is 526 g/mol. The molecular formula is C30H39N5O6. The Hall–Kier alpha value is -3.83. The molecule has 0 radical (unpaired) electrons. The number of pyridine rings is 1. The fourth-order valence-corrected chi connectivity index (χ4v) is 4.82. The van der Waals surface area contributed by atoms with Crippen molar-refractivity contribution < 1.29 is 29.0 Å². The van der Waals surface area contributed by atoms with Crippen LogP contribution in [0, 0.1) is 11.3 Å². The molecule has 1 aromatic carbocycles. The van der Waals surface area contributed by atoms with E-state index >= 15 is 0 Å². The van der Waals surface area contributed by atoms with Crippen LogP contribution in [0.2, 0.25) is 0 Å². The van der Waals surface area contributed by atoms with E-state index in [4.69, 9.17) is 9.72 Å². The number of carbonyl (C=O) groups excluding carboxylic acids is 4. The van der Waals surface area contributed by atoms with Crippen molar-refractivity contribution >= 4 is 40.7 Å². The zero-order valence-electron chi connectivity index (χ0n) is 24.1. The number of cyclic esters (lactones) is 1. The molecule has 5 bridgehead atoms. The number of hydrogen-bond acceptors (Lipinski definition) is 8. The number of hydrogen-bond donors (Lipinski definition) is 4. The molecule has 0 saturated carbocycles. The van der Waals surface area contributed by atoms with Crippen LogP contribution >= 0.6 is 0 Å². The van der Waals surface area contributed by atoms with E-state index in [-0.39, 0.29) is 5.91 Å². The number of carbonyl (C=O) groups is 4. The summed E-state index contributed by atoms with van der Waals surface area (Å²) in [4.78, 5) is 57.5. The summed E-state index contributed by atoms with van der Waals surface area (Å²) < 4.78 is 5.63. The molecule has 4 N–H and O–H groups in total. The Balaban J connectivity index is 1.72. The summed E-state index contributed by atoms with van der Waals surface area (Å²) in [6.45, 7) is 8.20. The number of aliphatic hydroxyl groups excluding tert-OH is 1. The lowest BCUT2D eigenvalue weighted by Gasteiger charge is -2.35. The molecule has 1 fully saturated rings. The van der Waals surface area contributed by atoms with E-state index in [9.17, 15) is 24.3 Å². The van der Waals surface area contributed by atoms with Crippen molar-refractivity contribution in [2.24, 2.45) is 11.3 Å². The minimum absolute atomic E-state index is 0.258. The van der Waals surface area contributed by atoms with E-state index in [1.807, 2.05) is 37.3 Å². The van der Waals surface area contributed by atoms with Crippen molar-refractivity contribution in [2.75, 3.05) is 13.2 Å². The molecule has 0 aliphatic carbocycles. The van der Waals surface area contributed by atoms with Gasteiger partial charge >= 0.3 is 5.97 Å². The molecule has 2 aliphatic heterocycles. The fourth-order valence-electron chi connectivity index (χ4n) is 4.82. The standard InChI is InChI=1S/C30H39N5O6/c1-17(2)25-27(38)32-19(4)28(39)35-14-6-7-23(34-35)26(37)31-18(3)22-11-10-21-9-8-20(15-24(21)33-22)12-13-30(5,16-36)29(40)41-25/h8-13,15,17-19,23,25,34,36H,6-7,14,16H2,1-5H3,(H,31,37)(H,32,38)/b13-12+/t18-,19+,23+,25?,30-/m1/s1. The number of benzene rings is 1. The first-order valence-corrected chi connectivity index (χ1v) is 14.0. The van der Waals surface area contributed by atoms with Crippen molar-refractivity contribution in [1.29, 1.82) is 0 Å². The van der Waals surface area contributed by atoms with Crippen LogP contribution in [0.4, 0.5) is 0 Å². The number of rotatable bonds is 2. The molecule has 41 heavy (non-hydrogen) atoms. The van der Waals surface area contributed by atoms with E-state index in [2.05, 4.69) is 16.1 Å². The van der Waals surface area contributed by atoms with E-state index in [0.717, 1.165) is 10.9 Å². The Labute approximate surface area is 239 Å². The van der Waals surface area contributed by atoms with Gasteiger partial charge in [0.05, 0.1) is 23.9 Å². The number of nitrogens with one attached hydrogen (secondary N) is 3. The molecule has 1 saturated heterocycles. The summed E-state index contributed by atoms with van der Waals surface area (Å²) in [5, 5.41) is 18.0. The lowest BCUT2D eigenvalue weighted by Crippen LogP contribution is -2.61. The number of aromatic nitrogens is 1. The van der Waals surface area contributed by atoms with Crippen molar-refractivity contribution in [3.05, 3.63) is 47.7 Å². The molecule has 0 spiro atoms. The fraction of sp³-hybridized carbons (Fsp3) is 0.500. The van der Waals surface area contributed by atoms with Crippen LogP contribution in [0.5, 0.6) is 0 Å². The van der Waals surface area contributed by atoms with Gasteiger partial charge in [-0.3, -0.25) is 29.2 Å². The Bertz CT molecular complexity index is 1360. The third-order valence-corrected chi connectivity index (χ3v) is 7.57. The third kappa shape index (κ3) is 6.74. The van der Waals surface area contributed by atoms with Crippen LogP contribution in [0.25, 0.3) is 17.0 Å². The Kier molecular flexibility index (Phi) is 9.08. The van der Waals surface area contributed by atoms with E-state index < -0.39 is 60.0 Å². The molecule has 3 heterocycles. The largest absolute Gasteiger partial charge is 0.451 e. The number of nitrogens with zero attached hydrogens (tertiary/aromatic N) is 2. The molecule has 2 aliphatic rings. The molecule has 220 valence electrons. The maximum Gasteiger partial charge on any atom is 0.318 e. The van der Waals surface area contributed by atoms with E-state index in [1.54, 1.807) is 32.9 Å². The summed E-state index contributed by atoms with van der Waals surface area (Å²) in [6, 6.07) is 7.43. The quantitative estimate of drug-likeness (QED) is 0.404. The zero-order chi connectivity index (χ0) is 29.9. The van der Waals surface area contributed by atoms with Gasteiger partial charge in [0.1, 0.15) is 17.5 Å². The molecule has 2 aromatic rings. The smallest absolute Gasteiger partial charge is 0.318 e. The average Bonchev–Trinajstić information content (AvgIpc) is 2.96. The van der Waals surface area contributed by atoms with Gasteiger partial charge in [0, 0.05) is 11.9 Å². The van der Waals surface area contributed by atoms with E-state index in [0.29, 0.717) is 30.6 Å². The Morgan fingerprint density at radius 1 is 1.07 bits per heavy atom. The van der Waals surface area contributed by atoms with Crippen molar-refractivity contribution in [1.82, 2.24) is 26.1 Å². The average molecular weight is 566 g/mol. The van der Waals surface area contributed by atoms with Gasteiger partial charge in [0.2, 0.25) is 5.91 Å². The van der Waals surface area contributed by atoms with Gasteiger partial charge in [-0.15, -0.1) is 0 Å². The Morgan fingerprint density at radius 3 is 2.49 bits per heavy atom. The van der Waals surface area contributed by atoms with Crippen LogP contribution in [-0.2, 0) is 23.9 Å². The predicted molar refractivity (Wildman–Crippen MR) is 153 cm³/mol. The number of aliphatic hydroxyl groups is 1. The molecule has 11 heteroatoms. The highest BCUT2D eigenvalue weighted by Gasteiger charge is 2.38. The number of hydrazine groups is 1. The van der Waals surface area contributed by atoms with Crippen LogP contribution in [-0.4, -0.2) is 70.1 Å². The van der Waals surface area contributed by atoms with Gasteiger partial charge in [-0.05, 0) is 57.2 Å². The summed E-state index contributed by atoms with van der Waals surface area (Å²) in [6.07, 6.45) is 3.20. The normalized spacial score (nSPS) is 29.2. The monoisotopic (exact) mass is 565 g/mol. The number of ether oxygens (including phenoxy) is 1. The first-order chi connectivity index (χ1) is 19.4. The van der Waals surface area contributed by atoms with Gasteiger partial charge in [0.25, 0.3) is 11.8 Å². The SMILES string of the molecule is CC(C)C1OC(=O)[C@@](C)(CO)/C=C/c2ccc3ccc(nc3c2)[C@@H](C)NC(=O)[C@@H]2CCCN(N2)C(=O)[C@H](C)NC1=O. The van der Waals surface area contributed by atoms with Crippen LogP contribution < -0.4 is 16.1 Å². The van der Waals surface area contributed by atoms with Crippen molar-refractivity contribution in [3.8, 4) is 0 Å². The topological polar surface area (TPSA) is 150 Å². The second-order valence-electron chi connectivity index (χ2n) is 11.4. The Morgan fingerprint density at radius 2 is 1.78 bits per heavy atom. The second-order valence-corrected chi connectivity index (χ2v) is 11.4. The molecule has 3 amide bonds. The maximum absolute atomic E-state index is 13.3. The van der Waals surface area contributed by atoms with Gasteiger partial charge in [-0.2, -0.15) is 0 Å². The highest BCUT2D eigenvalue weighted by Crippen LogP contribution is 2.25. The lowest BCUT2D eigenvalue weighted by molar-refractivity contribution is -0.167. The first-order valence-electron chi connectivity index (χ1n) is 14.0. The summed E-state index contributed by atoms with van der Waals surface area (Å²) in [7, 11) is 0. The highest BCUT2D eigenvalue weighted by molar-refractivity contribution is 5.91. The van der Waals surface area contributed by atoms with Crippen molar-refractivity contribution in [3.63, 3.8) is 0 Å². The second kappa shape index (κ2) is 12.4. The van der Waals surface area contributed by atoms with Crippen LogP contribution in [0.1, 0.15) is 64.8 Å². The summed E-state index contributed by atoms with van der Waals surface area (Å²) in [5.41, 5.74) is 3.68. The lowest BCUT2D eigenvalue weighted by atomic mass is 9.90. The number of esters is 1. The maximum atomic E-state index is 13.3. The highest BCUT2D eigenvalue weighted by atomic mass is 16.6. The molecule has 1 aromatic heterocycles. The number of fused-ring (bicyclic) bond motifs is 4. The van der Waals surface area contributed by atoms with Gasteiger partial charge in [-0.1, -0.05) is 44.2 Å². The molecule has 1 unspecified atom stereocenters. The van der Waals surface area contributed by atoms with Gasteiger partial charge < -0.3 is 20.5 Å². The minimum atomic E-state index is -1.43. The van der Waals surface area contributed by atoms with Crippen LogP contribution in [0.3, 0.4) is 0 Å². The first kappa shape index (κ1) is 30.1. The predicted octanol–water partition coefficient (Wildman–Crippen LogP) is 2.01.